The van der Waals surface area contributed by atoms with Gasteiger partial charge in [0, 0.05) is 30.2 Å². The molecule has 10 nitrogen and oxygen atoms in total. The fourth-order valence-corrected chi connectivity index (χ4v) is 2.07. The van der Waals surface area contributed by atoms with Gasteiger partial charge in [0.05, 0.1) is 26.2 Å². The van der Waals surface area contributed by atoms with E-state index < -0.39 is 50.1 Å². The minimum Gasteiger partial charge on any atom is -0.480 e. The Morgan fingerprint density at radius 2 is 0.917 bits per heavy atom. The third-order valence-electron chi connectivity index (χ3n) is 2.58. The SMILES string of the molecule is CC(CN(CC(=O)O)CC(=O)O)CN(CC(=O)O)CC(=O)O.[Fe].[Na+]. The Morgan fingerprint density at radius 1 is 0.708 bits per heavy atom. The zero-order valence-corrected chi connectivity index (χ0v) is 16.6. The van der Waals surface area contributed by atoms with Crippen LogP contribution in [-0.2, 0) is 36.2 Å². The van der Waals surface area contributed by atoms with E-state index in [1.807, 2.05) is 0 Å². The van der Waals surface area contributed by atoms with Crippen LogP contribution in [0.5, 0.6) is 0 Å². The Hall–Kier alpha value is -0.681. The van der Waals surface area contributed by atoms with Gasteiger partial charge in [-0.1, -0.05) is 6.92 Å². The van der Waals surface area contributed by atoms with Crippen LogP contribution < -0.4 is 29.6 Å². The Morgan fingerprint density at radius 3 is 1.08 bits per heavy atom. The molecule has 0 rings (SSSR count). The molecule has 0 radical (unpaired) electrons. The molecule has 24 heavy (non-hydrogen) atoms. The van der Waals surface area contributed by atoms with E-state index in [1.54, 1.807) is 6.92 Å². The molecule has 0 aliphatic heterocycles. The van der Waals surface area contributed by atoms with E-state index in [0.29, 0.717) is 0 Å². The van der Waals surface area contributed by atoms with Crippen LogP contribution in [0.15, 0.2) is 0 Å². The number of carboxylic acid groups (broad SMARTS) is 4. The predicted molar refractivity (Wildman–Crippen MR) is 72.6 cm³/mol. The second-order valence-electron chi connectivity index (χ2n) is 5.02. The third-order valence-corrected chi connectivity index (χ3v) is 2.58. The van der Waals surface area contributed by atoms with Crippen LogP contribution in [0.4, 0.5) is 0 Å². The molecule has 0 aliphatic rings. The normalized spacial score (nSPS) is 10.2. The number of nitrogens with zero attached hydrogens (tertiary/aromatic N) is 2. The van der Waals surface area contributed by atoms with Crippen LogP contribution in [0, 0.1) is 5.92 Å². The van der Waals surface area contributed by atoms with E-state index in [-0.39, 0.29) is 65.6 Å². The molecule has 0 unspecified atom stereocenters. The molecule has 0 heterocycles. The van der Waals surface area contributed by atoms with Gasteiger partial charge >= 0.3 is 53.4 Å². The van der Waals surface area contributed by atoms with Crippen molar-refractivity contribution < 1.29 is 86.2 Å². The van der Waals surface area contributed by atoms with Gasteiger partial charge < -0.3 is 20.4 Å². The van der Waals surface area contributed by atoms with E-state index in [1.165, 1.54) is 9.80 Å². The molecule has 0 aromatic heterocycles. The molecule has 0 aromatic rings. The molecule has 0 saturated heterocycles. The van der Waals surface area contributed by atoms with Gasteiger partial charge in [0.1, 0.15) is 0 Å². The van der Waals surface area contributed by atoms with Gasteiger partial charge in [-0.05, 0) is 5.92 Å². The summed E-state index contributed by atoms with van der Waals surface area (Å²) in [6.07, 6.45) is 0. The van der Waals surface area contributed by atoms with Crippen LogP contribution in [0.1, 0.15) is 6.92 Å². The number of hydrogen-bond donors (Lipinski definition) is 4. The maximum Gasteiger partial charge on any atom is 1.00 e. The zero-order valence-electron chi connectivity index (χ0n) is 13.5. The summed E-state index contributed by atoms with van der Waals surface area (Å²) < 4.78 is 0. The molecule has 12 heteroatoms. The van der Waals surface area contributed by atoms with Crippen LogP contribution >= 0.6 is 0 Å². The van der Waals surface area contributed by atoms with Crippen molar-refractivity contribution in [3.63, 3.8) is 0 Å². The van der Waals surface area contributed by atoms with Gasteiger partial charge in [0.15, 0.2) is 0 Å². The monoisotopic (exact) mass is 399 g/mol. The summed E-state index contributed by atoms with van der Waals surface area (Å²) in [5.41, 5.74) is 0. The minimum atomic E-state index is -1.18. The largest absolute Gasteiger partial charge is 1.00 e. The van der Waals surface area contributed by atoms with Crippen molar-refractivity contribution in [2.45, 2.75) is 6.92 Å². The Bertz CT molecular complexity index is 367. The topological polar surface area (TPSA) is 156 Å². The molecule has 134 valence electrons. The summed E-state index contributed by atoms with van der Waals surface area (Å²) in [7, 11) is 0. The van der Waals surface area contributed by atoms with Gasteiger partial charge in [-0.3, -0.25) is 29.0 Å². The van der Waals surface area contributed by atoms with E-state index >= 15 is 0 Å². The quantitative estimate of drug-likeness (QED) is 0.236. The molecule has 0 saturated carbocycles. The van der Waals surface area contributed by atoms with Crippen LogP contribution in [0.3, 0.4) is 0 Å². The molecule has 0 spiro atoms. The fraction of sp³-hybridized carbons (Fsp3) is 0.667. The van der Waals surface area contributed by atoms with E-state index in [0.717, 1.165) is 0 Å². The number of rotatable bonds is 12. The van der Waals surface area contributed by atoms with Crippen molar-refractivity contribution in [1.29, 1.82) is 0 Å². The molecule has 0 aromatic carbocycles. The first kappa shape index (κ1) is 28.1. The maximum atomic E-state index is 10.7. The number of carboxylic acids is 4. The molecule has 0 aliphatic carbocycles. The van der Waals surface area contributed by atoms with Gasteiger partial charge in [-0.15, -0.1) is 0 Å². The van der Waals surface area contributed by atoms with Crippen molar-refractivity contribution in [3.05, 3.63) is 0 Å². The second kappa shape index (κ2) is 14.6. The molecule has 0 fully saturated rings. The average molecular weight is 399 g/mol. The van der Waals surface area contributed by atoms with Crippen LogP contribution in [0.25, 0.3) is 0 Å². The molecule has 0 amide bonds. The smallest absolute Gasteiger partial charge is 0.480 e. The Kier molecular flexibility index (Phi) is 17.2. The predicted octanol–water partition coefficient (Wildman–Crippen LogP) is -4.43. The summed E-state index contributed by atoms with van der Waals surface area (Å²) in [5.74, 6) is -5.03. The van der Waals surface area contributed by atoms with Gasteiger partial charge in [0.2, 0.25) is 0 Å². The molecule has 0 atom stereocenters. The van der Waals surface area contributed by atoms with E-state index in [9.17, 15) is 19.2 Å². The average Bonchev–Trinajstić information content (AvgIpc) is 2.23. The number of aliphatic carboxylic acids is 4. The first-order valence-electron chi connectivity index (χ1n) is 6.42. The Balaban J connectivity index is -0.00000220. The molecule has 4 N–H and O–H groups in total. The van der Waals surface area contributed by atoms with Gasteiger partial charge in [-0.25, -0.2) is 0 Å². The van der Waals surface area contributed by atoms with E-state index in [2.05, 4.69) is 0 Å². The first-order chi connectivity index (χ1) is 10.1. The number of carbonyl (C=O) groups is 4. The van der Waals surface area contributed by atoms with Gasteiger partial charge in [-0.2, -0.15) is 0 Å². The van der Waals surface area contributed by atoms with Crippen molar-refractivity contribution in [2.24, 2.45) is 5.92 Å². The summed E-state index contributed by atoms with van der Waals surface area (Å²) >= 11 is 0. The fourth-order valence-electron chi connectivity index (χ4n) is 2.07. The Labute approximate surface area is 171 Å². The first-order valence-corrected chi connectivity index (χ1v) is 6.42. The second-order valence-corrected chi connectivity index (χ2v) is 5.02. The van der Waals surface area contributed by atoms with Crippen LogP contribution in [-0.4, -0.2) is 93.4 Å². The van der Waals surface area contributed by atoms with Crippen molar-refractivity contribution in [2.75, 3.05) is 39.3 Å². The number of hydrogen-bond acceptors (Lipinski definition) is 6. The van der Waals surface area contributed by atoms with E-state index in [4.69, 9.17) is 20.4 Å². The summed E-state index contributed by atoms with van der Waals surface area (Å²) in [6, 6.07) is 0. The summed E-state index contributed by atoms with van der Waals surface area (Å²) in [4.78, 5) is 45.1. The molecular weight excluding hydrogens is 379 g/mol. The standard InChI is InChI=1S/C12H20N2O8.Fe.Na/c1-8(2-13(4-9(15)16)5-10(17)18)3-14(6-11(19)20)7-12(21)22;;/h8H,2-7H2,1H3,(H,15,16)(H,17,18)(H,19,20)(H,21,22);;/q;;+1. The third kappa shape index (κ3) is 16.2. The summed E-state index contributed by atoms with van der Waals surface area (Å²) in [6.45, 7) is -0.0118. The summed E-state index contributed by atoms with van der Waals surface area (Å²) in [5, 5.41) is 34.9. The van der Waals surface area contributed by atoms with Gasteiger partial charge in [0.25, 0.3) is 0 Å². The van der Waals surface area contributed by atoms with Crippen LogP contribution in [0.2, 0.25) is 0 Å². The van der Waals surface area contributed by atoms with Crippen molar-refractivity contribution >= 4 is 23.9 Å². The zero-order chi connectivity index (χ0) is 17.3. The molecule has 0 bridgehead atoms. The van der Waals surface area contributed by atoms with Crippen molar-refractivity contribution in [3.8, 4) is 0 Å². The maximum absolute atomic E-state index is 10.7. The molecular formula is C12H20FeN2NaO8+. The minimum absolute atomic E-state index is 0. The van der Waals surface area contributed by atoms with Crippen molar-refractivity contribution in [1.82, 2.24) is 9.80 Å².